The van der Waals surface area contributed by atoms with E-state index in [1.54, 1.807) is 42.2 Å². The highest BCUT2D eigenvalue weighted by molar-refractivity contribution is 7.92. The quantitative estimate of drug-likeness (QED) is 0.197. The molecule has 3 rings (SSSR count). The molecule has 1 atom stereocenters. The van der Waals surface area contributed by atoms with Crippen LogP contribution in [-0.2, 0) is 32.6 Å². The number of halogens is 2. The first-order valence-corrected chi connectivity index (χ1v) is 16.7. The standard InChI is InChI=1S/C32H39Cl2N3O4S/c1-4-5-19-35-32(39)30(22-25-12-7-6-8-13-25)36(23-26-14-9-15-27(33)21-26)31(38)18-11-20-37(42(3,40)41)29-17-10-16-28(34)24(29)2/h6-10,12-17,21,30H,4-5,11,18-20,22-23H2,1-3H3,(H,35,39)/t30-/m1/s1. The van der Waals surface area contributed by atoms with E-state index in [-0.39, 0.29) is 37.7 Å². The summed E-state index contributed by atoms with van der Waals surface area (Å²) in [6.45, 7) is 4.60. The fourth-order valence-corrected chi connectivity index (χ4v) is 6.14. The number of amides is 2. The molecule has 0 saturated carbocycles. The fraction of sp³-hybridized carbons (Fsp3) is 0.375. The number of sulfonamides is 1. The van der Waals surface area contributed by atoms with Gasteiger partial charge >= 0.3 is 0 Å². The molecular weight excluding hydrogens is 593 g/mol. The Kier molecular flexibility index (Phi) is 12.7. The lowest BCUT2D eigenvalue weighted by Crippen LogP contribution is -2.50. The van der Waals surface area contributed by atoms with Gasteiger partial charge in [-0.3, -0.25) is 13.9 Å². The number of benzene rings is 3. The SMILES string of the molecule is CCCCNC(=O)[C@@H](Cc1ccccc1)N(Cc1cccc(Cl)c1)C(=O)CCCN(c1cccc(Cl)c1C)S(C)(=O)=O. The minimum Gasteiger partial charge on any atom is -0.354 e. The molecule has 0 heterocycles. The largest absolute Gasteiger partial charge is 0.354 e. The second kappa shape index (κ2) is 16.0. The zero-order valence-electron chi connectivity index (χ0n) is 24.4. The first-order valence-electron chi connectivity index (χ1n) is 14.1. The van der Waals surface area contributed by atoms with Crippen LogP contribution in [-0.4, -0.2) is 50.5 Å². The molecular formula is C32H39Cl2N3O4S. The molecule has 0 bridgehead atoms. The van der Waals surface area contributed by atoms with E-state index >= 15 is 0 Å². The Morgan fingerprint density at radius 2 is 1.62 bits per heavy atom. The minimum absolute atomic E-state index is 0.0414. The third-order valence-electron chi connectivity index (χ3n) is 7.00. The van der Waals surface area contributed by atoms with Gasteiger partial charge in [-0.2, -0.15) is 0 Å². The summed E-state index contributed by atoms with van der Waals surface area (Å²) in [7, 11) is -3.64. The number of hydrogen-bond acceptors (Lipinski definition) is 4. The predicted molar refractivity (Wildman–Crippen MR) is 171 cm³/mol. The fourth-order valence-electron chi connectivity index (χ4n) is 4.74. The highest BCUT2D eigenvalue weighted by Crippen LogP contribution is 2.28. The van der Waals surface area contributed by atoms with E-state index in [0.29, 0.717) is 34.3 Å². The van der Waals surface area contributed by atoms with Crippen molar-refractivity contribution in [3.05, 3.63) is 99.5 Å². The summed E-state index contributed by atoms with van der Waals surface area (Å²) in [4.78, 5) is 29.1. The molecule has 3 aromatic rings. The molecule has 0 fully saturated rings. The molecule has 0 unspecified atom stereocenters. The lowest BCUT2D eigenvalue weighted by Gasteiger charge is -2.32. The number of carbonyl (C=O) groups excluding carboxylic acids is 2. The summed E-state index contributed by atoms with van der Waals surface area (Å²) in [5, 5.41) is 4.00. The Balaban J connectivity index is 1.89. The maximum atomic E-state index is 13.9. The Bertz CT molecular complexity index is 1450. The van der Waals surface area contributed by atoms with Crippen molar-refractivity contribution in [3.63, 3.8) is 0 Å². The Morgan fingerprint density at radius 3 is 2.29 bits per heavy atom. The number of anilines is 1. The van der Waals surface area contributed by atoms with Crippen LogP contribution in [0.25, 0.3) is 0 Å². The number of hydrogen-bond donors (Lipinski definition) is 1. The van der Waals surface area contributed by atoms with E-state index in [2.05, 4.69) is 5.32 Å². The van der Waals surface area contributed by atoms with Crippen molar-refractivity contribution in [1.29, 1.82) is 0 Å². The summed E-state index contributed by atoms with van der Waals surface area (Å²) in [6.07, 6.45) is 3.52. The van der Waals surface area contributed by atoms with Crippen molar-refractivity contribution in [2.75, 3.05) is 23.7 Å². The van der Waals surface area contributed by atoms with Crippen LogP contribution in [0.1, 0.15) is 49.3 Å². The number of nitrogens with zero attached hydrogens (tertiary/aromatic N) is 2. The van der Waals surface area contributed by atoms with Crippen LogP contribution in [0.15, 0.2) is 72.8 Å². The summed E-state index contributed by atoms with van der Waals surface area (Å²) < 4.78 is 26.7. The third kappa shape index (κ3) is 9.75. The van der Waals surface area contributed by atoms with Crippen LogP contribution in [0.4, 0.5) is 5.69 Å². The summed E-state index contributed by atoms with van der Waals surface area (Å²) >= 11 is 12.5. The van der Waals surface area contributed by atoms with E-state index in [0.717, 1.165) is 30.2 Å². The number of unbranched alkanes of at least 4 members (excludes halogenated alkanes) is 1. The maximum absolute atomic E-state index is 13.9. The lowest BCUT2D eigenvalue weighted by atomic mass is 10.0. The Labute approximate surface area is 259 Å². The van der Waals surface area contributed by atoms with Crippen molar-refractivity contribution in [3.8, 4) is 0 Å². The highest BCUT2D eigenvalue weighted by Gasteiger charge is 2.30. The van der Waals surface area contributed by atoms with Crippen LogP contribution >= 0.6 is 23.2 Å². The molecule has 0 aromatic heterocycles. The van der Waals surface area contributed by atoms with Crippen LogP contribution < -0.4 is 9.62 Å². The van der Waals surface area contributed by atoms with Crippen LogP contribution in [0.3, 0.4) is 0 Å². The van der Waals surface area contributed by atoms with Gasteiger partial charge in [0.1, 0.15) is 6.04 Å². The Morgan fingerprint density at radius 1 is 0.929 bits per heavy atom. The van der Waals surface area contributed by atoms with Gasteiger partial charge in [0.2, 0.25) is 21.8 Å². The normalized spacial score (nSPS) is 12.0. The smallest absolute Gasteiger partial charge is 0.243 e. The number of carbonyl (C=O) groups is 2. The molecule has 42 heavy (non-hydrogen) atoms. The monoisotopic (exact) mass is 631 g/mol. The first-order chi connectivity index (χ1) is 20.0. The predicted octanol–water partition coefficient (Wildman–Crippen LogP) is 6.40. The zero-order chi connectivity index (χ0) is 30.7. The van der Waals surface area contributed by atoms with Gasteiger partial charge in [-0.15, -0.1) is 0 Å². The van der Waals surface area contributed by atoms with Gasteiger partial charge in [0.05, 0.1) is 11.9 Å². The molecule has 0 saturated heterocycles. The maximum Gasteiger partial charge on any atom is 0.243 e. The van der Waals surface area contributed by atoms with Crippen LogP contribution in [0.2, 0.25) is 10.0 Å². The molecule has 0 spiro atoms. The van der Waals surface area contributed by atoms with Crippen molar-refractivity contribution in [1.82, 2.24) is 10.2 Å². The van der Waals surface area contributed by atoms with Gasteiger partial charge in [-0.1, -0.05) is 85.1 Å². The van der Waals surface area contributed by atoms with E-state index in [1.165, 1.54) is 4.31 Å². The molecule has 226 valence electrons. The number of rotatable bonds is 15. The lowest BCUT2D eigenvalue weighted by molar-refractivity contribution is -0.141. The molecule has 2 amide bonds. The second-order valence-electron chi connectivity index (χ2n) is 10.3. The molecule has 10 heteroatoms. The van der Waals surface area contributed by atoms with Gasteiger partial charge in [-0.05, 0) is 60.7 Å². The molecule has 7 nitrogen and oxygen atoms in total. The van der Waals surface area contributed by atoms with Crippen LogP contribution in [0, 0.1) is 6.92 Å². The van der Waals surface area contributed by atoms with Gasteiger partial charge in [0, 0.05) is 42.5 Å². The van der Waals surface area contributed by atoms with Gasteiger partial charge in [0.25, 0.3) is 0 Å². The summed E-state index contributed by atoms with van der Waals surface area (Å²) in [6, 6.07) is 21.1. The number of nitrogens with one attached hydrogen (secondary N) is 1. The molecule has 0 aliphatic carbocycles. The molecule has 0 aliphatic heterocycles. The van der Waals surface area contributed by atoms with E-state index < -0.39 is 16.1 Å². The van der Waals surface area contributed by atoms with Crippen molar-refractivity contribution < 1.29 is 18.0 Å². The van der Waals surface area contributed by atoms with Crippen molar-refractivity contribution >= 4 is 50.7 Å². The topological polar surface area (TPSA) is 86.8 Å². The van der Waals surface area contributed by atoms with Crippen molar-refractivity contribution in [2.45, 2.75) is 58.5 Å². The van der Waals surface area contributed by atoms with E-state index in [9.17, 15) is 18.0 Å². The zero-order valence-corrected chi connectivity index (χ0v) is 26.7. The molecule has 1 N–H and O–H groups in total. The van der Waals surface area contributed by atoms with Gasteiger partial charge in [-0.25, -0.2) is 8.42 Å². The average molecular weight is 633 g/mol. The Hall–Kier alpha value is -3.07. The first kappa shape index (κ1) is 33.4. The average Bonchev–Trinajstić information content (AvgIpc) is 2.94. The van der Waals surface area contributed by atoms with Crippen LogP contribution in [0.5, 0.6) is 0 Å². The van der Waals surface area contributed by atoms with E-state index in [1.807, 2.05) is 49.4 Å². The van der Waals surface area contributed by atoms with E-state index in [4.69, 9.17) is 23.2 Å². The van der Waals surface area contributed by atoms with Crippen molar-refractivity contribution in [2.24, 2.45) is 0 Å². The molecule has 0 aliphatic rings. The highest BCUT2D eigenvalue weighted by atomic mass is 35.5. The van der Waals surface area contributed by atoms with Gasteiger partial charge < -0.3 is 10.2 Å². The summed E-state index contributed by atoms with van der Waals surface area (Å²) in [5.74, 6) is -0.479. The third-order valence-corrected chi connectivity index (χ3v) is 8.83. The molecule has 3 aromatic carbocycles. The molecule has 0 radical (unpaired) electrons. The summed E-state index contributed by atoms with van der Waals surface area (Å²) in [5.41, 5.74) is 2.84. The minimum atomic E-state index is -3.64. The second-order valence-corrected chi connectivity index (χ2v) is 13.1. The van der Waals surface area contributed by atoms with Gasteiger partial charge in [0.15, 0.2) is 0 Å².